The maximum Gasteiger partial charge on any atom is 0.0951 e. The van der Waals surface area contributed by atoms with Crippen LogP contribution in [0.1, 0.15) is 11.6 Å². The minimum Gasteiger partial charge on any atom is -0.472 e. The Bertz CT molecular complexity index is 226. The minimum atomic E-state index is -0.0365. The molecule has 1 heterocycles. The zero-order chi connectivity index (χ0) is 10.2. The largest absolute Gasteiger partial charge is 0.472 e. The highest BCUT2D eigenvalue weighted by atomic mass is 16.5. The number of nitrogens with two attached hydrogens (primary N) is 1. The van der Waals surface area contributed by atoms with Gasteiger partial charge in [-0.2, -0.15) is 0 Å². The molecule has 0 fully saturated rings. The molecule has 14 heavy (non-hydrogen) atoms. The molecule has 0 saturated heterocycles. The molecule has 0 aliphatic carbocycles. The number of hydrazine groups is 1. The number of hydrogen-bond donors (Lipinski definition) is 2. The van der Waals surface area contributed by atoms with Gasteiger partial charge in [-0.25, -0.2) is 0 Å². The third-order valence-electron chi connectivity index (χ3n) is 1.86. The van der Waals surface area contributed by atoms with Crippen molar-refractivity contribution in [3.63, 3.8) is 0 Å². The van der Waals surface area contributed by atoms with Crippen molar-refractivity contribution < 1.29 is 13.9 Å². The molecule has 80 valence electrons. The van der Waals surface area contributed by atoms with Crippen LogP contribution < -0.4 is 11.3 Å². The fourth-order valence-electron chi connectivity index (χ4n) is 1.06. The SMILES string of the molecule is COCCOCC(NN)c1ccoc1. The van der Waals surface area contributed by atoms with Crippen molar-refractivity contribution in [1.82, 2.24) is 5.43 Å². The lowest BCUT2D eigenvalue weighted by Gasteiger charge is -2.13. The molecule has 0 bridgehead atoms. The fourth-order valence-corrected chi connectivity index (χ4v) is 1.06. The van der Waals surface area contributed by atoms with Gasteiger partial charge in [-0.15, -0.1) is 0 Å². The Labute approximate surface area is 83.1 Å². The van der Waals surface area contributed by atoms with Crippen LogP contribution >= 0.6 is 0 Å². The van der Waals surface area contributed by atoms with Crippen LogP contribution in [0.2, 0.25) is 0 Å². The second-order valence-corrected chi connectivity index (χ2v) is 2.84. The van der Waals surface area contributed by atoms with Crippen molar-refractivity contribution in [3.8, 4) is 0 Å². The second-order valence-electron chi connectivity index (χ2n) is 2.84. The molecule has 1 aromatic rings. The lowest BCUT2D eigenvalue weighted by atomic mass is 10.2. The third-order valence-corrected chi connectivity index (χ3v) is 1.86. The highest BCUT2D eigenvalue weighted by Crippen LogP contribution is 2.12. The Balaban J connectivity index is 2.26. The number of rotatable bonds is 7. The summed E-state index contributed by atoms with van der Waals surface area (Å²) >= 11 is 0. The smallest absolute Gasteiger partial charge is 0.0951 e. The molecule has 0 radical (unpaired) electrons. The van der Waals surface area contributed by atoms with E-state index in [1.807, 2.05) is 6.07 Å². The van der Waals surface area contributed by atoms with Crippen LogP contribution in [0.25, 0.3) is 0 Å². The zero-order valence-electron chi connectivity index (χ0n) is 8.23. The van der Waals surface area contributed by atoms with Gasteiger partial charge in [0.1, 0.15) is 0 Å². The van der Waals surface area contributed by atoms with Crippen molar-refractivity contribution in [2.24, 2.45) is 5.84 Å². The van der Waals surface area contributed by atoms with Crippen molar-refractivity contribution in [2.75, 3.05) is 26.9 Å². The van der Waals surface area contributed by atoms with E-state index >= 15 is 0 Å². The van der Waals surface area contributed by atoms with Crippen molar-refractivity contribution in [1.29, 1.82) is 0 Å². The summed E-state index contributed by atoms with van der Waals surface area (Å²) < 4.78 is 15.1. The van der Waals surface area contributed by atoms with Crippen molar-refractivity contribution >= 4 is 0 Å². The van der Waals surface area contributed by atoms with Gasteiger partial charge < -0.3 is 13.9 Å². The average Bonchev–Trinajstić information content (AvgIpc) is 2.71. The third kappa shape index (κ3) is 3.47. The van der Waals surface area contributed by atoms with Crippen LogP contribution in [0.15, 0.2) is 23.0 Å². The summed E-state index contributed by atoms with van der Waals surface area (Å²) in [6, 6.07) is 1.81. The van der Waals surface area contributed by atoms with Gasteiger partial charge in [-0.1, -0.05) is 0 Å². The molecule has 0 amide bonds. The quantitative estimate of drug-likeness (QED) is 0.380. The zero-order valence-corrected chi connectivity index (χ0v) is 8.23. The molecule has 0 aromatic carbocycles. The lowest BCUT2D eigenvalue weighted by molar-refractivity contribution is 0.0585. The summed E-state index contributed by atoms with van der Waals surface area (Å²) in [5, 5.41) is 0. The van der Waals surface area contributed by atoms with Crippen LogP contribution in [0.5, 0.6) is 0 Å². The van der Waals surface area contributed by atoms with E-state index in [1.165, 1.54) is 0 Å². The van der Waals surface area contributed by atoms with E-state index < -0.39 is 0 Å². The predicted molar refractivity (Wildman–Crippen MR) is 51.5 cm³/mol. The predicted octanol–water partition coefficient (Wildman–Crippen LogP) is 0.447. The average molecular weight is 200 g/mol. The minimum absolute atomic E-state index is 0.0365. The van der Waals surface area contributed by atoms with Crippen LogP contribution in [0.3, 0.4) is 0 Å². The van der Waals surface area contributed by atoms with Gasteiger partial charge in [0.15, 0.2) is 0 Å². The molecular formula is C9H16N2O3. The first-order valence-corrected chi connectivity index (χ1v) is 4.43. The molecule has 1 atom stereocenters. The van der Waals surface area contributed by atoms with E-state index in [0.717, 1.165) is 5.56 Å². The van der Waals surface area contributed by atoms with E-state index in [0.29, 0.717) is 19.8 Å². The molecule has 5 nitrogen and oxygen atoms in total. The van der Waals surface area contributed by atoms with Gasteiger partial charge in [-0.05, 0) is 6.07 Å². The maximum absolute atomic E-state index is 5.38. The summed E-state index contributed by atoms with van der Waals surface area (Å²) in [4.78, 5) is 0. The highest BCUT2D eigenvalue weighted by Gasteiger charge is 2.10. The van der Waals surface area contributed by atoms with Gasteiger partial charge in [0.2, 0.25) is 0 Å². The fraction of sp³-hybridized carbons (Fsp3) is 0.556. The molecule has 1 unspecified atom stereocenters. The van der Waals surface area contributed by atoms with Gasteiger partial charge >= 0.3 is 0 Å². The van der Waals surface area contributed by atoms with Crippen molar-refractivity contribution in [2.45, 2.75) is 6.04 Å². The first kappa shape index (κ1) is 11.2. The number of hydrogen-bond acceptors (Lipinski definition) is 5. The summed E-state index contributed by atoms with van der Waals surface area (Å²) in [6.45, 7) is 1.65. The van der Waals surface area contributed by atoms with Crippen LogP contribution in [-0.4, -0.2) is 26.9 Å². The summed E-state index contributed by atoms with van der Waals surface area (Å²) in [5.41, 5.74) is 3.63. The number of nitrogens with one attached hydrogen (secondary N) is 1. The van der Waals surface area contributed by atoms with Crippen LogP contribution in [0.4, 0.5) is 0 Å². The Kier molecular flexibility index (Phi) is 5.24. The Morgan fingerprint density at radius 1 is 1.57 bits per heavy atom. The Morgan fingerprint density at radius 2 is 2.43 bits per heavy atom. The van der Waals surface area contributed by atoms with Crippen LogP contribution in [0, 0.1) is 0 Å². The first-order chi connectivity index (χ1) is 6.88. The summed E-state index contributed by atoms with van der Waals surface area (Å²) in [5.74, 6) is 5.38. The van der Waals surface area contributed by atoms with E-state index in [2.05, 4.69) is 5.43 Å². The Morgan fingerprint density at radius 3 is 3.00 bits per heavy atom. The lowest BCUT2D eigenvalue weighted by Crippen LogP contribution is -2.31. The molecular weight excluding hydrogens is 184 g/mol. The first-order valence-electron chi connectivity index (χ1n) is 4.43. The molecule has 5 heteroatoms. The Hall–Kier alpha value is -0.880. The van der Waals surface area contributed by atoms with Gasteiger partial charge in [-0.3, -0.25) is 11.3 Å². The van der Waals surface area contributed by atoms with E-state index in [-0.39, 0.29) is 6.04 Å². The van der Waals surface area contributed by atoms with Crippen molar-refractivity contribution in [3.05, 3.63) is 24.2 Å². The number of methoxy groups -OCH3 is 1. The summed E-state index contributed by atoms with van der Waals surface area (Å²) in [6.07, 6.45) is 3.25. The van der Waals surface area contributed by atoms with E-state index in [4.69, 9.17) is 19.7 Å². The second kappa shape index (κ2) is 6.56. The maximum atomic E-state index is 5.38. The van der Waals surface area contributed by atoms with E-state index in [9.17, 15) is 0 Å². The molecule has 3 N–H and O–H groups in total. The number of furan rings is 1. The van der Waals surface area contributed by atoms with Gasteiger partial charge in [0.05, 0.1) is 38.4 Å². The molecule has 1 rings (SSSR count). The van der Waals surface area contributed by atoms with Gasteiger partial charge in [0.25, 0.3) is 0 Å². The normalized spacial score (nSPS) is 13.0. The molecule has 0 saturated carbocycles. The molecule has 0 spiro atoms. The topological polar surface area (TPSA) is 69.7 Å². The molecule has 0 aliphatic rings. The molecule has 1 aromatic heterocycles. The highest BCUT2D eigenvalue weighted by molar-refractivity contribution is 5.11. The van der Waals surface area contributed by atoms with Gasteiger partial charge in [0, 0.05) is 12.7 Å². The van der Waals surface area contributed by atoms with Crippen LogP contribution in [-0.2, 0) is 9.47 Å². The van der Waals surface area contributed by atoms with E-state index in [1.54, 1.807) is 19.6 Å². The summed E-state index contributed by atoms with van der Waals surface area (Å²) in [7, 11) is 1.64. The number of ether oxygens (including phenoxy) is 2. The monoisotopic (exact) mass is 200 g/mol. The molecule has 0 aliphatic heterocycles. The standard InChI is InChI=1S/C9H16N2O3/c1-12-4-5-14-7-9(11-10)8-2-3-13-6-8/h2-3,6,9,11H,4-5,7,10H2,1H3.